The van der Waals surface area contributed by atoms with Crippen LogP contribution in [0.2, 0.25) is 0 Å². The molecule has 0 aromatic carbocycles. The summed E-state index contributed by atoms with van der Waals surface area (Å²) in [6.07, 6.45) is 9.39. The van der Waals surface area contributed by atoms with Crippen molar-refractivity contribution in [2.75, 3.05) is 12.3 Å². The topological polar surface area (TPSA) is 29.1 Å². The van der Waals surface area contributed by atoms with Crippen molar-refractivity contribution < 1.29 is 4.79 Å². The van der Waals surface area contributed by atoms with Crippen LogP contribution in [-0.2, 0) is 4.79 Å². The van der Waals surface area contributed by atoms with Crippen molar-refractivity contribution in [1.82, 2.24) is 5.32 Å². The molecule has 0 aromatic heterocycles. The van der Waals surface area contributed by atoms with Crippen molar-refractivity contribution in [3.63, 3.8) is 0 Å². The molecule has 0 fully saturated rings. The van der Waals surface area contributed by atoms with Crippen molar-refractivity contribution in [3.05, 3.63) is 12.7 Å². The van der Waals surface area contributed by atoms with Gasteiger partial charge in [-0.3, -0.25) is 4.79 Å². The maximum absolute atomic E-state index is 10.9. The number of rotatable bonds is 11. The van der Waals surface area contributed by atoms with Gasteiger partial charge in [-0.15, -0.1) is 0 Å². The smallest absolute Gasteiger partial charge is 0.243 e. The van der Waals surface area contributed by atoms with Gasteiger partial charge in [0.2, 0.25) is 5.91 Å². The highest BCUT2D eigenvalue weighted by molar-refractivity contribution is 7.99. The van der Waals surface area contributed by atoms with Gasteiger partial charge in [-0.1, -0.05) is 52.5 Å². The van der Waals surface area contributed by atoms with Crippen LogP contribution in [0.25, 0.3) is 0 Å². The Morgan fingerprint density at radius 1 is 1.35 bits per heavy atom. The Morgan fingerprint density at radius 3 is 2.71 bits per heavy atom. The highest BCUT2D eigenvalue weighted by Crippen LogP contribution is 2.17. The first-order valence-corrected chi connectivity index (χ1v) is 7.77. The van der Waals surface area contributed by atoms with Crippen LogP contribution < -0.4 is 5.32 Å². The molecule has 3 heteroatoms. The van der Waals surface area contributed by atoms with Crippen molar-refractivity contribution in [2.45, 2.75) is 57.6 Å². The van der Waals surface area contributed by atoms with Crippen molar-refractivity contribution in [2.24, 2.45) is 0 Å². The molecule has 1 atom stereocenters. The zero-order valence-corrected chi connectivity index (χ0v) is 12.2. The number of carbonyl (C=O) groups excluding carboxylic acids is 1. The summed E-state index contributed by atoms with van der Waals surface area (Å²) in [5.41, 5.74) is 0. The fourth-order valence-corrected chi connectivity index (χ4v) is 2.58. The minimum absolute atomic E-state index is 0.0715. The number of hydrogen-bond acceptors (Lipinski definition) is 2. The second-order valence-electron chi connectivity index (χ2n) is 4.38. The zero-order valence-electron chi connectivity index (χ0n) is 11.3. The van der Waals surface area contributed by atoms with Crippen LogP contribution in [0.3, 0.4) is 0 Å². The van der Waals surface area contributed by atoms with Crippen LogP contribution in [0.5, 0.6) is 0 Å². The Labute approximate surface area is 111 Å². The molecule has 1 amide bonds. The lowest BCUT2D eigenvalue weighted by Crippen LogP contribution is -2.23. The molecular formula is C14H27NOS. The van der Waals surface area contributed by atoms with Crippen molar-refractivity contribution in [3.8, 4) is 0 Å². The highest BCUT2D eigenvalue weighted by Gasteiger charge is 2.02. The van der Waals surface area contributed by atoms with E-state index in [9.17, 15) is 4.79 Å². The quantitative estimate of drug-likeness (QED) is 0.451. The molecule has 0 radical (unpaired) electrons. The van der Waals surface area contributed by atoms with E-state index in [2.05, 4.69) is 25.7 Å². The van der Waals surface area contributed by atoms with E-state index in [-0.39, 0.29) is 5.91 Å². The summed E-state index contributed by atoms with van der Waals surface area (Å²) in [5, 5.41) is 3.50. The zero-order chi connectivity index (χ0) is 12.9. The number of unbranched alkanes of at least 4 members (excludes halogenated alkanes) is 4. The number of nitrogens with one attached hydrogen (secondary N) is 1. The first kappa shape index (κ1) is 16.6. The van der Waals surface area contributed by atoms with Crippen LogP contribution in [0.4, 0.5) is 0 Å². The molecular weight excluding hydrogens is 230 g/mol. The molecule has 100 valence electrons. The first-order chi connectivity index (χ1) is 8.20. The van der Waals surface area contributed by atoms with Gasteiger partial charge in [0, 0.05) is 17.5 Å². The van der Waals surface area contributed by atoms with Crippen LogP contribution in [0.1, 0.15) is 52.4 Å². The second-order valence-corrected chi connectivity index (χ2v) is 5.93. The Hall–Kier alpha value is -0.440. The number of carbonyl (C=O) groups is 1. The van der Waals surface area contributed by atoms with Gasteiger partial charge in [0.15, 0.2) is 0 Å². The van der Waals surface area contributed by atoms with E-state index in [0.29, 0.717) is 5.25 Å². The molecule has 0 rings (SSSR count). The lowest BCUT2D eigenvalue weighted by atomic mass is 10.1. The van der Waals surface area contributed by atoms with Crippen molar-refractivity contribution in [1.29, 1.82) is 0 Å². The monoisotopic (exact) mass is 257 g/mol. The third-order valence-corrected chi connectivity index (χ3v) is 3.95. The van der Waals surface area contributed by atoms with Crippen LogP contribution >= 0.6 is 11.8 Å². The lowest BCUT2D eigenvalue weighted by Gasteiger charge is -2.11. The Kier molecular flexibility index (Phi) is 11.7. The van der Waals surface area contributed by atoms with E-state index >= 15 is 0 Å². The van der Waals surface area contributed by atoms with Gasteiger partial charge in [0.25, 0.3) is 0 Å². The normalized spacial score (nSPS) is 12.1. The molecule has 2 nitrogen and oxygen atoms in total. The summed E-state index contributed by atoms with van der Waals surface area (Å²) in [4.78, 5) is 10.9. The van der Waals surface area contributed by atoms with Gasteiger partial charge >= 0.3 is 0 Å². The maximum Gasteiger partial charge on any atom is 0.243 e. The average Bonchev–Trinajstić information content (AvgIpc) is 2.34. The number of thioether (sulfide) groups is 1. The van der Waals surface area contributed by atoms with E-state index in [4.69, 9.17) is 0 Å². The lowest BCUT2D eigenvalue weighted by molar-refractivity contribution is -0.116. The molecule has 0 aliphatic carbocycles. The molecule has 1 N–H and O–H groups in total. The Morgan fingerprint density at radius 2 is 2.06 bits per heavy atom. The molecule has 0 heterocycles. The van der Waals surface area contributed by atoms with Gasteiger partial charge in [-0.25, -0.2) is 0 Å². The van der Waals surface area contributed by atoms with Gasteiger partial charge in [-0.2, -0.15) is 11.8 Å². The molecule has 0 saturated carbocycles. The summed E-state index contributed by atoms with van der Waals surface area (Å²) in [5.74, 6) is 0.924. The SMILES string of the molecule is C=CC(=O)NCCSC(C)CCCCCCC. The van der Waals surface area contributed by atoms with Crippen LogP contribution in [-0.4, -0.2) is 23.5 Å². The molecule has 0 bridgehead atoms. The van der Waals surface area contributed by atoms with E-state index in [1.54, 1.807) is 0 Å². The maximum atomic E-state index is 10.9. The summed E-state index contributed by atoms with van der Waals surface area (Å²) in [6.45, 7) is 8.69. The highest BCUT2D eigenvalue weighted by atomic mass is 32.2. The fraction of sp³-hybridized carbons (Fsp3) is 0.786. The minimum Gasteiger partial charge on any atom is -0.352 e. The first-order valence-electron chi connectivity index (χ1n) is 6.72. The summed E-state index contributed by atoms with van der Waals surface area (Å²) in [6, 6.07) is 0. The Balaban J connectivity index is 3.25. The van der Waals surface area contributed by atoms with E-state index in [1.807, 2.05) is 11.8 Å². The number of amides is 1. The number of hydrogen-bond donors (Lipinski definition) is 1. The van der Waals surface area contributed by atoms with Crippen molar-refractivity contribution >= 4 is 17.7 Å². The second kappa shape index (κ2) is 12.0. The summed E-state index contributed by atoms with van der Waals surface area (Å²) in [7, 11) is 0. The third kappa shape index (κ3) is 11.8. The van der Waals surface area contributed by atoms with Gasteiger partial charge in [0.1, 0.15) is 0 Å². The predicted octanol–water partition coefficient (Wildman–Crippen LogP) is 3.77. The molecule has 0 spiro atoms. The average molecular weight is 257 g/mol. The molecule has 17 heavy (non-hydrogen) atoms. The van der Waals surface area contributed by atoms with Gasteiger partial charge in [-0.05, 0) is 12.5 Å². The fourth-order valence-electron chi connectivity index (χ4n) is 1.63. The van der Waals surface area contributed by atoms with Gasteiger partial charge < -0.3 is 5.32 Å². The molecule has 0 aromatic rings. The molecule has 0 aliphatic heterocycles. The van der Waals surface area contributed by atoms with Gasteiger partial charge in [0.05, 0.1) is 0 Å². The minimum atomic E-state index is -0.0715. The standard InChI is InChI=1S/C14H27NOS/c1-4-6-7-8-9-10-13(3)17-12-11-15-14(16)5-2/h5,13H,2,4,6-12H2,1,3H3,(H,15,16). The summed E-state index contributed by atoms with van der Waals surface area (Å²) >= 11 is 1.94. The molecule has 1 unspecified atom stereocenters. The third-order valence-electron chi connectivity index (χ3n) is 2.70. The molecule has 0 aliphatic rings. The Bertz CT molecular complexity index is 206. The van der Waals surface area contributed by atoms with E-state index in [0.717, 1.165) is 12.3 Å². The van der Waals surface area contributed by atoms with E-state index in [1.165, 1.54) is 44.6 Å². The molecule has 0 saturated heterocycles. The summed E-state index contributed by atoms with van der Waals surface area (Å²) < 4.78 is 0. The van der Waals surface area contributed by atoms with E-state index < -0.39 is 0 Å². The predicted molar refractivity (Wildman–Crippen MR) is 78.5 cm³/mol. The van der Waals surface area contributed by atoms with Crippen LogP contribution in [0.15, 0.2) is 12.7 Å². The van der Waals surface area contributed by atoms with Crippen LogP contribution in [0, 0.1) is 0 Å². The largest absolute Gasteiger partial charge is 0.352 e.